The second kappa shape index (κ2) is 7.75. The Morgan fingerprint density at radius 2 is 1.86 bits per heavy atom. The normalized spacial score (nSPS) is 11.1. The van der Waals surface area contributed by atoms with E-state index in [-0.39, 0.29) is 28.1 Å². The number of fused-ring (bicyclic) bond motifs is 1. The fraction of sp³-hybridized carbons (Fsp3) is 0.350. The van der Waals surface area contributed by atoms with Crippen molar-refractivity contribution < 1.29 is 18.7 Å². The van der Waals surface area contributed by atoms with Crippen molar-refractivity contribution in [1.29, 1.82) is 0 Å². The quantitative estimate of drug-likeness (QED) is 0.700. The largest absolute Gasteiger partial charge is 0.497 e. The molecular weight excluding hydrogens is 362 g/mol. The minimum absolute atomic E-state index is 0.149. The first-order valence-electron chi connectivity index (χ1n) is 8.87. The van der Waals surface area contributed by atoms with E-state index in [2.05, 4.69) is 10.3 Å². The van der Waals surface area contributed by atoms with Crippen LogP contribution in [0.5, 0.6) is 11.5 Å². The van der Waals surface area contributed by atoms with E-state index in [0.29, 0.717) is 29.5 Å². The number of aromatic nitrogens is 2. The number of nitrogens with zero attached hydrogens (tertiary/aromatic N) is 2. The number of rotatable bonds is 6. The molecule has 1 aromatic carbocycles. The number of nitrogens with one attached hydrogen (secondary N) is 1. The van der Waals surface area contributed by atoms with E-state index in [0.717, 1.165) is 0 Å². The number of benzene rings is 1. The lowest BCUT2D eigenvalue weighted by molar-refractivity contribution is 0.102. The summed E-state index contributed by atoms with van der Waals surface area (Å²) in [4.78, 5) is 30.1. The van der Waals surface area contributed by atoms with E-state index in [1.165, 1.54) is 25.1 Å². The summed E-state index contributed by atoms with van der Waals surface area (Å²) in [5.74, 6) is 1.18. The van der Waals surface area contributed by atoms with Crippen molar-refractivity contribution in [1.82, 2.24) is 9.55 Å². The monoisotopic (exact) mass is 385 g/mol. The number of anilines is 1. The molecule has 0 aliphatic rings. The molecule has 0 atom stereocenters. The van der Waals surface area contributed by atoms with Gasteiger partial charge in [-0.3, -0.25) is 14.2 Å². The van der Waals surface area contributed by atoms with Gasteiger partial charge in [0.15, 0.2) is 0 Å². The maximum Gasteiger partial charge on any atom is 0.265 e. The molecule has 3 aromatic rings. The fourth-order valence-corrected chi connectivity index (χ4v) is 3.01. The van der Waals surface area contributed by atoms with Crippen LogP contribution in [0.4, 0.5) is 5.69 Å². The Bertz CT molecular complexity index is 1060. The summed E-state index contributed by atoms with van der Waals surface area (Å²) in [6, 6.07) is 5.02. The van der Waals surface area contributed by atoms with Crippen molar-refractivity contribution in [2.75, 3.05) is 19.5 Å². The molecule has 0 fully saturated rings. The first kappa shape index (κ1) is 19.5. The minimum atomic E-state index is -0.465. The predicted octanol–water partition coefficient (Wildman–Crippen LogP) is 3.22. The molecule has 2 heterocycles. The number of furan rings is 1. The van der Waals surface area contributed by atoms with Crippen molar-refractivity contribution >= 4 is 22.7 Å². The van der Waals surface area contributed by atoms with Gasteiger partial charge in [0.2, 0.25) is 5.71 Å². The van der Waals surface area contributed by atoms with Crippen molar-refractivity contribution in [2.24, 2.45) is 5.92 Å². The molecule has 0 saturated carbocycles. The Balaban J connectivity index is 2.04. The highest BCUT2D eigenvalue weighted by Crippen LogP contribution is 2.27. The molecule has 0 radical (unpaired) electrons. The second-order valence-corrected chi connectivity index (χ2v) is 6.86. The lowest BCUT2D eigenvalue weighted by atomic mass is 10.1. The van der Waals surface area contributed by atoms with Gasteiger partial charge in [-0.25, -0.2) is 4.98 Å². The van der Waals surface area contributed by atoms with E-state index < -0.39 is 5.91 Å². The number of hydrogen-bond acceptors (Lipinski definition) is 6. The van der Waals surface area contributed by atoms with Crippen LogP contribution < -0.4 is 20.3 Å². The van der Waals surface area contributed by atoms with E-state index in [4.69, 9.17) is 13.9 Å². The van der Waals surface area contributed by atoms with Crippen molar-refractivity contribution in [2.45, 2.75) is 27.3 Å². The molecule has 3 rings (SSSR count). The zero-order valence-electron chi connectivity index (χ0n) is 16.5. The third kappa shape index (κ3) is 3.71. The summed E-state index contributed by atoms with van der Waals surface area (Å²) in [6.45, 7) is 6.14. The average molecular weight is 385 g/mol. The Morgan fingerprint density at radius 1 is 1.21 bits per heavy atom. The van der Waals surface area contributed by atoms with Crippen LogP contribution in [0.2, 0.25) is 0 Å². The fourth-order valence-electron chi connectivity index (χ4n) is 3.01. The molecule has 0 aliphatic carbocycles. The first-order chi connectivity index (χ1) is 13.3. The number of hydrogen-bond donors (Lipinski definition) is 1. The van der Waals surface area contributed by atoms with E-state index >= 15 is 0 Å². The maximum atomic E-state index is 13.0. The number of carbonyl (C=O) groups is 1. The van der Waals surface area contributed by atoms with Gasteiger partial charge >= 0.3 is 0 Å². The van der Waals surface area contributed by atoms with Gasteiger partial charge in [0.05, 0.1) is 19.8 Å². The number of methoxy groups -OCH3 is 2. The summed E-state index contributed by atoms with van der Waals surface area (Å²) in [7, 11) is 3.05. The van der Waals surface area contributed by atoms with Crippen LogP contribution >= 0.6 is 0 Å². The van der Waals surface area contributed by atoms with E-state index in [1.807, 2.05) is 13.8 Å². The van der Waals surface area contributed by atoms with Crippen LogP contribution in [0.3, 0.4) is 0 Å². The van der Waals surface area contributed by atoms with Crippen LogP contribution in [-0.2, 0) is 6.54 Å². The highest BCUT2D eigenvalue weighted by Gasteiger charge is 2.23. The lowest BCUT2D eigenvalue weighted by Crippen LogP contribution is -2.24. The van der Waals surface area contributed by atoms with Crippen LogP contribution in [-0.4, -0.2) is 29.7 Å². The minimum Gasteiger partial charge on any atom is -0.497 e. The van der Waals surface area contributed by atoms with Gasteiger partial charge in [-0.05, 0) is 12.8 Å². The number of carbonyl (C=O) groups excluding carboxylic acids is 1. The molecule has 0 unspecified atom stereocenters. The zero-order chi connectivity index (χ0) is 20.4. The van der Waals surface area contributed by atoms with Gasteiger partial charge in [0, 0.05) is 30.4 Å². The summed E-state index contributed by atoms with van der Waals surface area (Å²) < 4.78 is 17.5. The Morgan fingerprint density at radius 3 is 2.43 bits per heavy atom. The van der Waals surface area contributed by atoms with Crippen LogP contribution in [0.1, 0.15) is 30.0 Å². The molecule has 0 saturated heterocycles. The first-order valence-corrected chi connectivity index (χ1v) is 8.87. The van der Waals surface area contributed by atoms with Crippen molar-refractivity contribution in [3.05, 3.63) is 46.2 Å². The summed E-state index contributed by atoms with van der Waals surface area (Å²) in [5.41, 5.74) is 0.494. The molecule has 1 N–H and O–H groups in total. The molecule has 0 aliphatic heterocycles. The highest BCUT2D eigenvalue weighted by molar-refractivity contribution is 6.12. The highest BCUT2D eigenvalue weighted by atomic mass is 16.5. The average Bonchev–Trinajstić information content (AvgIpc) is 3.00. The molecule has 28 heavy (non-hydrogen) atoms. The number of ether oxygens (including phenoxy) is 2. The number of aryl methyl sites for hydroxylation is 1. The Kier molecular flexibility index (Phi) is 5.39. The van der Waals surface area contributed by atoms with Gasteiger partial charge in [0.1, 0.15) is 29.0 Å². The van der Waals surface area contributed by atoms with Crippen molar-refractivity contribution in [3.63, 3.8) is 0 Å². The maximum absolute atomic E-state index is 13.0. The zero-order valence-corrected chi connectivity index (χ0v) is 16.5. The van der Waals surface area contributed by atoms with Gasteiger partial charge in [0.25, 0.3) is 11.5 Å². The van der Waals surface area contributed by atoms with Gasteiger partial charge in [-0.2, -0.15) is 0 Å². The topological polar surface area (TPSA) is 95.6 Å². The molecular formula is C20H23N3O5. The summed E-state index contributed by atoms with van der Waals surface area (Å²) in [5, 5.41) is 2.95. The smallest absolute Gasteiger partial charge is 0.265 e. The molecule has 0 spiro atoms. The molecule has 0 bridgehead atoms. The van der Waals surface area contributed by atoms with Gasteiger partial charge < -0.3 is 19.2 Å². The van der Waals surface area contributed by atoms with Crippen molar-refractivity contribution in [3.8, 4) is 11.5 Å². The number of amides is 1. The van der Waals surface area contributed by atoms with E-state index in [9.17, 15) is 9.59 Å². The van der Waals surface area contributed by atoms with Crippen LogP contribution in [0, 0.1) is 12.8 Å². The third-order valence-corrected chi connectivity index (χ3v) is 4.25. The van der Waals surface area contributed by atoms with Gasteiger partial charge in [-0.1, -0.05) is 13.8 Å². The molecule has 1 amide bonds. The summed E-state index contributed by atoms with van der Waals surface area (Å²) >= 11 is 0. The second-order valence-electron chi connectivity index (χ2n) is 6.86. The van der Waals surface area contributed by atoms with Crippen LogP contribution in [0.15, 0.2) is 33.7 Å². The van der Waals surface area contributed by atoms with Gasteiger partial charge in [-0.15, -0.1) is 0 Å². The third-order valence-electron chi connectivity index (χ3n) is 4.25. The predicted molar refractivity (Wildman–Crippen MR) is 105 cm³/mol. The standard InChI is InChI=1S/C20H23N3O5/c1-11(2)9-23-10-21-19-17(20(23)25)16(12(3)28-19)18(24)22-13-6-14(26-4)8-15(7-13)27-5/h6-8,10-11H,9H2,1-5H3,(H,22,24). The van der Waals surface area contributed by atoms with Crippen LogP contribution in [0.25, 0.3) is 11.1 Å². The van der Waals surface area contributed by atoms with E-state index in [1.54, 1.807) is 25.1 Å². The lowest BCUT2D eigenvalue weighted by Gasteiger charge is -2.10. The SMILES string of the molecule is COc1cc(NC(=O)c2c(C)oc3ncn(CC(C)C)c(=O)c23)cc(OC)c1. The molecule has 2 aromatic heterocycles. The molecule has 8 heteroatoms. The molecule has 8 nitrogen and oxygen atoms in total. The summed E-state index contributed by atoms with van der Waals surface area (Å²) in [6.07, 6.45) is 1.45. The molecule has 148 valence electrons. The Hall–Kier alpha value is -3.29. The Labute approximate surface area is 162 Å².